The van der Waals surface area contributed by atoms with Gasteiger partial charge in [0.15, 0.2) is 0 Å². The van der Waals surface area contributed by atoms with Crippen LogP contribution in [0.4, 0.5) is 0 Å². The van der Waals surface area contributed by atoms with E-state index < -0.39 is 0 Å². The highest BCUT2D eigenvalue weighted by Crippen LogP contribution is 2.18. The van der Waals surface area contributed by atoms with Gasteiger partial charge >= 0.3 is 0 Å². The van der Waals surface area contributed by atoms with Crippen LogP contribution in [0.2, 0.25) is 0 Å². The van der Waals surface area contributed by atoms with Crippen molar-refractivity contribution in [2.24, 2.45) is 17.6 Å². The molecule has 0 aliphatic rings. The molecule has 0 aliphatic carbocycles. The SMILES string of the molecule is CC(C)=CCCC(C)CCCC(C)CCN. The molecule has 0 aromatic rings. The van der Waals surface area contributed by atoms with Crippen LogP contribution in [0.25, 0.3) is 0 Å². The average molecular weight is 225 g/mol. The summed E-state index contributed by atoms with van der Waals surface area (Å²) in [6.07, 6.45) is 10.2. The molecule has 2 N–H and O–H groups in total. The second kappa shape index (κ2) is 9.89. The first kappa shape index (κ1) is 15.7. The minimum Gasteiger partial charge on any atom is -0.330 e. The largest absolute Gasteiger partial charge is 0.330 e. The van der Waals surface area contributed by atoms with E-state index in [2.05, 4.69) is 33.8 Å². The summed E-state index contributed by atoms with van der Waals surface area (Å²) < 4.78 is 0. The Bertz CT molecular complexity index is 180. The van der Waals surface area contributed by atoms with Crippen molar-refractivity contribution >= 4 is 0 Å². The van der Waals surface area contributed by atoms with Crippen molar-refractivity contribution in [1.29, 1.82) is 0 Å². The maximum absolute atomic E-state index is 5.55. The van der Waals surface area contributed by atoms with Gasteiger partial charge in [0.1, 0.15) is 0 Å². The van der Waals surface area contributed by atoms with Crippen LogP contribution < -0.4 is 5.73 Å². The Hall–Kier alpha value is -0.300. The molecule has 0 aliphatic heterocycles. The van der Waals surface area contributed by atoms with Crippen LogP contribution in [-0.2, 0) is 0 Å². The molecule has 0 rings (SSSR count). The average Bonchev–Trinajstić information content (AvgIpc) is 2.17. The van der Waals surface area contributed by atoms with E-state index in [1.54, 1.807) is 0 Å². The van der Waals surface area contributed by atoms with Gasteiger partial charge in [0.2, 0.25) is 0 Å². The second-order valence-corrected chi connectivity index (χ2v) is 5.58. The van der Waals surface area contributed by atoms with E-state index in [0.717, 1.165) is 18.4 Å². The Kier molecular flexibility index (Phi) is 9.71. The summed E-state index contributed by atoms with van der Waals surface area (Å²) >= 11 is 0. The third-order valence-corrected chi connectivity index (χ3v) is 3.27. The van der Waals surface area contributed by atoms with Gasteiger partial charge in [-0.3, -0.25) is 0 Å². The highest BCUT2D eigenvalue weighted by atomic mass is 14.5. The van der Waals surface area contributed by atoms with E-state index in [9.17, 15) is 0 Å². The molecule has 0 fully saturated rings. The summed E-state index contributed by atoms with van der Waals surface area (Å²) in [5.74, 6) is 1.69. The van der Waals surface area contributed by atoms with Crippen LogP contribution in [0.1, 0.15) is 66.2 Å². The van der Waals surface area contributed by atoms with Gasteiger partial charge in [0.05, 0.1) is 0 Å². The van der Waals surface area contributed by atoms with Crippen molar-refractivity contribution in [3.63, 3.8) is 0 Å². The standard InChI is InChI=1S/C15H31N/c1-13(2)7-5-8-14(3)9-6-10-15(4)11-12-16/h7,14-15H,5-6,8-12,16H2,1-4H3. The lowest BCUT2D eigenvalue weighted by Crippen LogP contribution is -2.06. The summed E-state index contributed by atoms with van der Waals surface area (Å²) in [6, 6.07) is 0. The van der Waals surface area contributed by atoms with Crippen LogP contribution in [-0.4, -0.2) is 6.54 Å². The molecular formula is C15H31N. The van der Waals surface area contributed by atoms with Gasteiger partial charge in [0, 0.05) is 0 Å². The van der Waals surface area contributed by atoms with Gasteiger partial charge in [-0.25, -0.2) is 0 Å². The zero-order chi connectivity index (χ0) is 12.4. The minimum absolute atomic E-state index is 0.815. The normalized spacial score (nSPS) is 14.6. The molecule has 0 spiro atoms. The molecule has 0 radical (unpaired) electrons. The van der Waals surface area contributed by atoms with E-state index in [1.807, 2.05) is 0 Å². The van der Waals surface area contributed by atoms with Crippen LogP contribution in [0.5, 0.6) is 0 Å². The summed E-state index contributed by atoms with van der Waals surface area (Å²) in [5, 5.41) is 0. The third-order valence-electron chi connectivity index (χ3n) is 3.27. The zero-order valence-electron chi connectivity index (χ0n) is 11.8. The summed E-state index contributed by atoms with van der Waals surface area (Å²) in [6.45, 7) is 9.91. The Morgan fingerprint density at radius 3 is 2.06 bits per heavy atom. The molecule has 1 nitrogen and oxygen atoms in total. The van der Waals surface area contributed by atoms with E-state index in [0.29, 0.717) is 0 Å². The first-order valence-corrected chi connectivity index (χ1v) is 6.89. The quantitative estimate of drug-likeness (QED) is 0.573. The lowest BCUT2D eigenvalue weighted by Gasteiger charge is -2.13. The lowest BCUT2D eigenvalue weighted by atomic mass is 9.94. The summed E-state index contributed by atoms with van der Waals surface area (Å²) in [5.41, 5.74) is 7.00. The smallest absolute Gasteiger partial charge is 0.00747 e. The molecule has 0 saturated carbocycles. The molecule has 0 saturated heterocycles. The van der Waals surface area contributed by atoms with Crippen molar-refractivity contribution < 1.29 is 0 Å². The Balaban J connectivity index is 3.43. The Labute approximate surface area is 102 Å². The van der Waals surface area contributed by atoms with Gasteiger partial charge < -0.3 is 5.73 Å². The van der Waals surface area contributed by atoms with Gasteiger partial charge in [-0.2, -0.15) is 0 Å². The number of hydrogen-bond acceptors (Lipinski definition) is 1. The van der Waals surface area contributed by atoms with Crippen molar-refractivity contribution in [3.05, 3.63) is 11.6 Å². The van der Waals surface area contributed by atoms with Crippen LogP contribution in [0.15, 0.2) is 11.6 Å². The topological polar surface area (TPSA) is 26.0 Å². The fourth-order valence-corrected chi connectivity index (χ4v) is 2.04. The molecule has 0 amide bonds. The van der Waals surface area contributed by atoms with E-state index in [1.165, 1.54) is 44.1 Å². The van der Waals surface area contributed by atoms with Crippen LogP contribution >= 0.6 is 0 Å². The first-order valence-electron chi connectivity index (χ1n) is 6.89. The molecule has 0 aromatic carbocycles. The van der Waals surface area contributed by atoms with Crippen LogP contribution in [0.3, 0.4) is 0 Å². The minimum atomic E-state index is 0.815. The van der Waals surface area contributed by atoms with E-state index >= 15 is 0 Å². The fourth-order valence-electron chi connectivity index (χ4n) is 2.04. The second-order valence-electron chi connectivity index (χ2n) is 5.58. The van der Waals surface area contributed by atoms with Gasteiger partial charge in [-0.15, -0.1) is 0 Å². The molecule has 1 heteroatoms. The summed E-state index contributed by atoms with van der Waals surface area (Å²) in [7, 11) is 0. The van der Waals surface area contributed by atoms with Gasteiger partial charge in [0.25, 0.3) is 0 Å². The van der Waals surface area contributed by atoms with Crippen molar-refractivity contribution in [3.8, 4) is 0 Å². The highest BCUT2D eigenvalue weighted by Gasteiger charge is 2.04. The van der Waals surface area contributed by atoms with Crippen LogP contribution in [0, 0.1) is 11.8 Å². The van der Waals surface area contributed by atoms with Gasteiger partial charge in [-0.05, 0) is 51.5 Å². The third kappa shape index (κ3) is 10.2. The zero-order valence-corrected chi connectivity index (χ0v) is 11.8. The van der Waals surface area contributed by atoms with Crippen molar-refractivity contribution in [1.82, 2.24) is 0 Å². The maximum Gasteiger partial charge on any atom is -0.00747 e. The number of hydrogen-bond donors (Lipinski definition) is 1. The highest BCUT2D eigenvalue weighted by molar-refractivity contribution is 4.92. The first-order chi connectivity index (χ1) is 7.56. The Morgan fingerprint density at radius 1 is 1.00 bits per heavy atom. The molecule has 2 atom stereocenters. The molecule has 0 aromatic heterocycles. The number of rotatable bonds is 9. The lowest BCUT2D eigenvalue weighted by molar-refractivity contribution is 0.415. The summed E-state index contributed by atoms with van der Waals surface area (Å²) in [4.78, 5) is 0. The molecule has 0 heterocycles. The van der Waals surface area contributed by atoms with Crippen molar-refractivity contribution in [2.75, 3.05) is 6.54 Å². The predicted octanol–water partition coefficient (Wildman–Crippen LogP) is 4.52. The number of allylic oxidation sites excluding steroid dienone is 2. The fraction of sp³-hybridized carbons (Fsp3) is 0.867. The number of nitrogens with two attached hydrogens (primary N) is 1. The van der Waals surface area contributed by atoms with Gasteiger partial charge in [-0.1, -0.05) is 44.8 Å². The molecular weight excluding hydrogens is 194 g/mol. The predicted molar refractivity (Wildman–Crippen MR) is 74.5 cm³/mol. The van der Waals surface area contributed by atoms with E-state index in [-0.39, 0.29) is 0 Å². The molecule has 16 heavy (non-hydrogen) atoms. The monoisotopic (exact) mass is 225 g/mol. The Morgan fingerprint density at radius 2 is 1.56 bits per heavy atom. The molecule has 2 unspecified atom stereocenters. The molecule has 96 valence electrons. The maximum atomic E-state index is 5.55. The molecule has 0 bridgehead atoms. The van der Waals surface area contributed by atoms with Crippen molar-refractivity contribution in [2.45, 2.75) is 66.2 Å². The van der Waals surface area contributed by atoms with E-state index in [4.69, 9.17) is 5.73 Å².